The van der Waals surface area contributed by atoms with Crippen molar-refractivity contribution in [2.75, 3.05) is 25.5 Å². The van der Waals surface area contributed by atoms with Gasteiger partial charge < -0.3 is 20.3 Å². The second-order valence-electron chi connectivity index (χ2n) is 6.48. The monoisotopic (exact) mass is 361 g/mol. The van der Waals surface area contributed by atoms with Crippen molar-refractivity contribution in [1.82, 2.24) is 10.2 Å². The number of amides is 2. The molecule has 0 aliphatic heterocycles. The highest BCUT2D eigenvalue weighted by Crippen LogP contribution is 2.24. The van der Waals surface area contributed by atoms with Gasteiger partial charge >= 0.3 is 6.36 Å². The van der Waals surface area contributed by atoms with Crippen LogP contribution in [0.3, 0.4) is 0 Å². The lowest BCUT2D eigenvalue weighted by Gasteiger charge is -2.23. The van der Waals surface area contributed by atoms with Crippen molar-refractivity contribution in [3.05, 3.63) is 24.3 Å². The summed E-state index contributed by atoms with van der Waals surface area (Å²) >= 11 is 0. The fraction of sp³-hybridized carbons (Fsp3) is 0.500. The maximum absolute atomic E-state index is 12.2. The standard InChI is InChI=1S/C16H22F3N3O3/c1-15(2,3)21-13(23)10-22(4)14(24)9-20-11-6-5-7-12(8-11)25-16(17,18)19/h5-8,20H,9-10H2,1-4H3,(H,21,23). The molecule has 0 radical (unpaired) electrons. The Morgan fingerprint density at radius 3 is 2.40 bits per heavy atom. The molecule has 2 N–H and O–H groups in total. The number of carbonyl (C=O) groups excluding carboxylic acids is 2. The lowest BCUT2D eigenvalue weighted by Crippen LogP contribution is -2.47. The largest absolute Gasteiger partial charge is 0.573 e. The second kappa shape index (κ2) is 8.09. The highest BCUT2D eigenvalue weighted by molar-refractivity contribution is 5.86. The summed E-state index contributed by atoms with van der Waals surface area (Å²) in [6.45, 7) is 5.18. The van der Waals surface area contributed by atoms with Gasteiger partial charge in [-0.05, 0) is 32.9 Å². The Hall–Kier alpha value is -2.45. The number of benzene rings is 1. The molecule has 0 atom stereocenters. The third kappa shape index (κ3) is 8.83. The molecule has 0 spiro atoms. The number of anilines is 1. The summed E-state index contributed by atoms with van der Waals surface area (Å²) in [5.74, 6) is -1.07. The molecule has 1 rings (SSSR count). The zero-order chi connectivity index (χ0) is 19.3. The molecule has 0 bridgehead atoms. The fourth-order valence-corrected chi connectivity index (χ4v) is 1.88. The van der Waals surface area contributed by atoms with Gasteiger partial charge in [0.25, 0.3) is 0 Å². The Kier molecular flexibility index (Phi) is 6.66. The van der Waals surface area contributed by atoms with Crippen LogP contribution in [0.4, 0.5) is 18.9 Å². The molecule has 0 heterocycles. The quantitative estimate of drug-likeness (QED) is 0.816. The van der Waals surface area contributed by atoms with Crippen LogP contribution >= 0.6 is 0 Å². The third-order valence-corrected chi connectivity index (χ3v) is 2.83. The van der Waals surface area contributed by atoms with Crippen LogP contribution < -0.4 is 15.4 Å². The average molecular weight is 361 g/mol. The van der Waals surface area contributed by atoms with Gasteiger partial charge in [-0.2, -0.15) is 0 Å². The molecule has 0 aromatic heterocycles. The molecule has 9 heteroatoms. The van der Waals surface area contributed by atoms with E-state index in [9.17, 15) is 22.8 Å². The van der Waals surface area contributed by atoms with Gasteiger partial charge in [-0.15, -0.1) is 13.2 Å². The van der Waals surface area contributed by atoms with Crippen molar-refractivity contribution in [2.45, 2.75) is 32.7 Å². The first-order chi connectivity index (χ1) is 11.4. The Labute approximate surface area is 144 Å². The number of alkyl halides is 3. The van der Waals surface area contributed by atoms with Gasteiger partial charge in [0.15, 0.2) is 0 Å². The molecule has 1 aromatic carbocycles. The van der Waals surface area contributed by atoms with Crippen molar-refractivity contribution in [2.24, 2.45) is 0 Å². The van der Waals surface area contributed by atoms with Gasteiger partial charge in [-0.25, -0.2) is 0 Å². The Bertz CT molecular complexity index is 613. The Balaban J connectivity index is 2.53. The van der Waals surface area contributed by atoms with Crippen molar-refractivity contribution < 1.29 is 27.5 Å². The van der Waals surface area contributed by atoms with Crippen LogP contribution in [0.5, 0.6) is 5.75 Å². The van der Waals surface area contributed by atoms with E-state index in [1.165, 1.54) is 24.1 Å². The van der Waals surface area contributed by atoms with E-state index in [1.54, 1.807) is 0 Å². The van der Waals surface area contributed by atoms with E-state index >= 15 is 0 Å². The normalized spacial score (nSPS) is 11.6. The smallest absolute Gasteiger partial charge is 0.406 e. The highest BCUT2D eigenvalue weighted by atomic mass is 19.4. The molecule has 0 aliphatic carbocycles. The van der Waals surface area contributed by atoms with E-state index < -0.39 is 11.9 Å². The zero-order valence-corrected chi connectivity index (χ0v) is 14.5. The summed E-state index contributed by atoms with van der Waals surface area (Å²) in [7, 11) is 1.47. The fourth-order valence-electron chi connectivity index (χ4n) is 1.88. The molecule has 0 saturated carbocycles. The molecule has 1 aromatic rings. The first-order valence-electron chi connectivity index (χ1n) is 7.50. The van der Waals surface area contributed by atoms with Crippen molar-refractivity contribution in [1.29, 1.82) is 0 Å². The number of nitrogens with one attached hydrogen (secondary N) is 2. The molecule has 0 aliphatic rings. The van der Waals surface area contributed by atoms with E-state index in [-0.39, 0.29) is 30.7 Å². The van der Waals surface area contributed by atoms with E-state index in [0.717, 1.165) is 12.1 Å². The van der Waals surface area contributed by atoms with E-state index in [4.69, 9.17) is 0 Å². The van der Waals surface area contributed by atoms with Crippen molar-refractivity contribution >= 4 is 17.5 Å². The maximum Gasteiger partial charge on any atom is 0.573 e. The number of halogens is 3. The Morgan fingerprint density at radius 1 is 1.20 bits per heavy atom. The van der Waals surface area contributed by atoms with Gasteiger partial charge in [0.2, 0.25) is 11.8 Å². The minimum absolute atomic E-state index is 0.116. The Morgan fingerprint density at radius 2 is 1.84 bits per heavy atom. The summed E-state index contributed by atoms with van der Waals surface area (Å²) in [4.78, 5) is 25.0. The maximum atomic E-state index is 12.2. The average Bonchev–Trinajstić information content (AvgIpc) is 2.41. The molecule has 25 heavy (non-hydrogen) atoms. The SMILES string of the molecule is CN(CC(=O)NC(C)(C)C)C(=O)CNc1cccc(OC(F)(F)F)c1. The molecular weight excluding hydrogens is 339 g/mol. The summed E-state index contributed by atoms with van der Waals surface area (Å²) in [6, 6.07) is 5.16. The summed E-state index contributed by atoms with van der Waals surface area (Å²) in [5, 5.41) is 5.43. The minimum Gasteiger partial charge on any atom is -0.406 e. The first kappa shape index (κ1) is 20.6. The van der Waals surface area contributed by atoms with Crippen LogP contribution in [0.2, 0.25) is 0 Å². The highest BCUT2D eigenvalue weighted by Gasteiger charge is 2.31. The second-order valence-corrected chi connectivity index (χ2v) is 6.48. The van der Waals surface area contributed by atoms with E-state index in [2.05, 4.69) is 15.4 Å². The van der Waals surface area contributed by atoms with Crippen LogP contribution in [0.25, 0.3) is 0 Å². The molecule has 0 fully saturated rings. The summed E-state index contributed by atoms with van der Waals surface area (Å²) in [6.07, 6.45) is -4.78. The molecule has 2 amide bonds. The molecule has 0 saturated heterocycles. The minimum atomic E-state index is -4.78. The number of rotatable bonds is 6. The number of carbonyl (C=O) groups is 2. The van der Waals surface area contributed by atoms with Crippen LogP contribution in [-0.4, -0.2) is 48.8 Å². The van der Waals surface area contributed by atoms with Gasteiger partial charge in [-0.1, -0.05) is 6.07 Å². The van der Waals surface area contributed by atoms with Crippen LogP contribution in [-0.2, 0) is 9.59 Å². The molecule has 140 valence electrons. The van der Waals surface area contributed by atoms with Gasteiger partial charge in [-0.3, -0.25) is 9.59 Å². The van der Waals surface area contributed by atoms with E-state index in [0.29, 0.717) is 5.69 Å². The number of hydrogen-bond donors (Lipinski definition) is 2. The molecular formula is C16H22F3N3O3. The van der Waals surface area contributed by atoms with Crippen LogP contribution in [0, 0.1) is 0 Å². The lowest BCUT2D eigenvalue weighted by atomic mass is 10.1. The number of ether oxygens (including phenoxy) is 1. The first-order valence-corrected chi connectivity index (χ1v) is 7.50. The predicted octanol–water partition coefficient (Wildman–Crippen LogP) is 2.37. The van der Waals surface area contributed by atoms with Crippen molar-refractivity contribution in [3.63, 3.8) is 0 Å². The summed E-state index contributed by atoms with van der Waals surface area (Å²) < 4.78 is 40.4. The van der Waals surface area contributed by atoms with Crippen molar-refractivity contribution in [3.8, 4) is 5.75 Å². The van der Waals surface area contributed by atoms with Crippen LogP contribution in [0.15, 0.2) is 24.3 Å². The number of likely N-dealkylation sites (N-methyl/N-ethyl adjacent to an activating group) is 1. The van der Waals surface area contributed by atoms with Gasteiger partial charge in [0.05, 0.1) is 13.1 Å². The summed E-state index contributed by atoms with van der Waals surface area (Å²) in [5.41, 5.74) is -0.111. The topological polar surface area (TPSA) is 70.7 Å². The van der Waals surface area contributed by atoms with Gasteiger partial charge in [0.1, 0.15) is 5.75 Å². The van der Waals surface area contributed by atoms with Gasteiger partial charge in [0, 0.05) is 24.3 Å². The number of hydrogen-bond acceptors (Lipinski definition) is 4. The van der Waals surface area contributed by atoms with Crippen LogP contribution in [0.1, 0.15) is 20.8 Å². The van der Waals surface area contributed by atoms with E-state index in [1.807, 2.05) is 20.8 Å². The zero-order valence-electron chi connectivity index (χ0n) is 14.5. The molecule has 6 nitrogen and oxygen atoms in total. The lowest BCUT2D eigenvalue weighted by molar-refractivity contribution is -0.274. The predicted molar refractivity (Wildman–Crippen MR) is 87.1 cm³/mol. The third-order valence-electron chi connectivity index (χ3n) is 2.83. The molecule has 0 unspecified atom stereocenters. The number of nitrogens with zero attached hydrogens (tertiary/aromatic N) is 1.